The second-order valence-corrected chi connectivity index (χ2v) is 5.74. The van der Waals surface area contributed by atoms with Gasteiger partial charge in [-0.15, -0.1) is 0 Å². The highest BCUT2D eigenvalue weighted by molar-refractivity contribution is 14.1. The minimum absolute atomic E-state index is 0.0799. The maximum Gasteiger partial charge on any atom is 0.240 e. The molecule has 0 atom stereocenters. The molecule has 2 nitrogen and oxygen atoms in total. The van der Waals surface area contributed by atoms with E-state index in [9.17, 15) is 4.79 Å². The lowest BCUT2D eigenvalue weighted by Crippen LogP contribution is -2.07. The number of benzene rings is 1. The lowest BCUT2D eigenvalue weighted by molar-refractivity contribution is 0.303. The van der Waals surface area contributed by atoms with Gasteiger partial charge in [-0.1, -0.05) is 47.5 Å². The quantitative estimate of drug-likeness (QED) is 0.699. The summed E-state index contributed by atoms with van der Waals surface area (Å²) < 4.78 is 6.61. The molecule has 0 saturated heterocycles. The standard InChI is InChI=1S/C14H9Cl2IO2/c15-10-5-3-6-11(16)14(13(10)18)19-8-9-4-1-2-7-12(9)17/h1-7H,8H2. The highest BCUT2D eigenvalue weighted by Crippen LogP contribution is 2.22. The maximum atomic E-state index is 12.0. The van der Waals surface area contributed by atoms with Gasteiger partial charge in [-0.25, -0.2) is 0 Å². The van der Waals surface area contributed by atoms with Crippen molar-refractivity contribution in [1.82, 2.24) is 0 Å². The van der Waals surface area contributed by atoms with E-state index in [4.69, 9.17) is 27.9 Å². The van der Waals surface area contributed by atoms with Crippen LogP contribution in [0.5, 0.6) is 5.75 Å². The first-order valence-electron chi connectivity index (χ1n) is 5.44. The van der Waals surface area contributed by atoms with Gasteiger partial charge >= 0.3 is 0 Å². The van der Waals surface area contributed by atoms with Crippen molar-refractivity contribution in [3.05, 3.63) is 71.9 Å². The zero-order valence-electron chi connectivity index (χ0n) is 9.70. The third kappa shape index (κ3) is 3.61. The summed E-state index contributed by atoms with van der Waals surface area (Å²) in [6.07, 6.45) is 0. The molecule has 0 heterocycles. The van der Waals surface area contributed by atoms with Crippen LogP contribution in [0.3, 0.4) is 0 Å². The summed E-state index contributed by atoms with van der Waals surface area (Å²) >= 11 is 14.0. The minimum Gasteiger partial charge on any atom is -0.483 e. The smallest absolute Gasteiger partial charge is 0.240 e. The van der Waals surface area contributed by atoms with Crippen molar-refractivity contribution in [2.75, 3.05) is 0 Å². The molecule has 2 aromatic carbocycles. The average molecular weight is 407 g/mol. The van der Waals surface area contributed by atoms with E-state index >= 15 is 0 Å². The molecule has 0 unspecified atom stereocenters. The highest BCUT2D eigenvalue weighted by Gasteiger charge is 2.09. The first-order valence-corrected chi connectivity index (χ1v) is 7.27. The van der Waals surface area contributed by atoms with Crippen LogP contribution in [0.15, 0.2) is 47.3 Å². The van der Waals surface area contributed by atoms with Crippen LogP contribution >= 0.6 is 45.8 Å². The molecule has 0 amide bonds. The number of hydrogen-bond donors (Lipinski definition) is 0. The molecule has 2 aromatic rings. The first kappa shape index (κ1) is 14.6. The molecule has 98 valence electrons. The Bertz CT molecular complexity index is 659. The van der Waals surface area contributed by atoms with Gasteiger partial charge in [-0.3, -0.25) is 4.79 Å². The van der Waals surface area contributed by atoms with Crippen molar-refractivity contribution < 1.29 is 4.74 Å². The molecule has 0 radical (unpaired) electrons. The van der Waals surface area contributed by atoms with Crippen LogP contribution in [0.25, 0.3) is 0 Å². The van der Waals surface area contributed by atoms with Gasteiger partial charge in [-0.05, 0) is 40.8 Å². The topological polar surface area (TPSA) is 26.3 Å². The molecule has 0 N–H and O–H groups in total. The molecular formula is C14H9Cl2IO2. The number of rotatable bonds is 3. The summed E-state index contributed by atoms with van der Waals surface area (Å²) in [6.45, 7) is 0.272. The van der Waals surface area contributed by atoms with Crippen LogP contribution < -0.4 is 10.2 Å². The summed E-state index contributed by atoms with van der Waals surface area (Å²) in [5.41, 5.74) is 0.587. The normalized spacial score (nSPS) is 10.3. The Morgan fingerprint density at radius 3 is 2.42 bits per heavy atom. The van der Waals surface area contributed by atoms with Crippen molar-refractivity contribution in [3.63, 3.8) is 0 Å². The fourth-order valence-electron chi connectivity index (χ4n) is 1.49. The monoisotopic (exact) mass is 406 g/mol. The van der Waals surface area contributed by atoms with Crippen molar-refractivity contribution >= 4 is 45.8 Å². The van der Waals surface area contributed by atoms with Crippen molar-refractivity contribution in [2.45, 2.75) is 6.61 Å². The first-order chi connectivity index (χ1) is 9.09. The number of halogens is 3. The minimum atomic E-state index is -0.400. The van der Waals surface area contributed by atoms with Gasteiger partial charge < -0.3 is 4.74 Å². The molecule has 19 heavy (non-hydrogen) atoms. The molecule has 0 saturated carbocycles. The van der Waals surface area contributed by atoms with Gasteiger partial charge in [0, 0.05) is 9.13 Å². The van der Waals surface area contributed by atoms with E-state index in [0.29, 0.717) is 0 Å². The Balaban J connectivity index is 2.31. The molecule has 2 rings (SSSR count). The van der Waals surface area contributed by atoms with Crippen molar-refractivity contribution in [2.24, 2.45) is 0 Å². The Morgan fingerprint density at radius 2 is 1.68 bits per heavy atom. The lowest BCUT2D eigenvalue weighted by atomic mass is 10.2. The van der Waals surface area contributed by atoms with E-state index in [2.05, 4.69) is 22.6 Å². The van der Waals surface area contributed by atoms with E-state index in [1.165, 1.54) is 6.07 Å². The number of ether oxygens (including phenoxy) is 1. The molecule has 0 fully saturated rings. The summed E-state index contributed by atoms with van der Waals surface area (Å²) in [4.78, 5) is 12.0. The fourth-order valence-corrected chi connectivity index (χ4v) is 2.40. The maximum absolute atomic E-state index is 12.0. The second-order valence-electron chi connectivity index (χ2n) is 3.76. The molecule has 0 spiro atoms. The predicted octanol–water partition coefficient (Wildman–Crippen LogP) is 4.54. The van der Waals surface area contributed by atoms with Crippen LogP contribution in [-0.2, 0) is 6.61 Å². The van der Waals surface area contributed by atoms with Gasteiger partial charge in [-0.2, -0.15) is 0 Å². The van der Waals surface area contributed by atoms with Gasteiger partial charge in [0.1, 0.15) is 6.61 Å². The van der Waals surface area contributed by atoms with Crippen LogP contribution in [0.2, 0.25) is 10.0 Å². The summed E-state index contributed by atoms with van der Waals surface area (Å²) in [6, 6.07) is 12.5. The average Bonchev–Trinajstić information content (AvgIpc) is 2.51. The fraction of sp³-hybridized carbons (Fsp3) is 0.0714. The third-order valence-corrected chi connectivity index (χ3v) is 4.10. The zero-order chi connectivity index (χ0) is 13.8. The molecule has 5 heteroatoms. The number of hydrogen-bond acceptors (Lipinski definition) is 2. The Labute approximate surface area is 134 Å². The third-order valence-electron chi connectivity index (χ3n) is 2.46. The van der Waals surface area contributed by atoms with Gasteiger partial charge in [0.2, 0.25) is 5.43 Å². The van der Waals surface area contributed by atoms with Crippen LogP contribution in [-0.4, -0.2) is 0 Å². The summed E-state index contributed by atoms with van der Waals surface area (Å²) in [5, 5.41) is 0.340. The van der Waals surface area contributed by atoms with E-state index in [-0.39, 0.29) is 22.4 Å². The predicted molar refractivity (Wildman–Crippen MR) is 86.2 cm³/mol. The molecule has 0 aliphatic heterocycles. The largest absolute Gasteiger partial charge is 0.483 e. The van der Waals surface area contributed by atoms with Gasteiger partial charge in [0.25, 0.3) is 0 Å². The SMILES string of the molecule is O=c1c(Cl)cccc(Cl)c1OCc1ccccc1I. The van der Waals surface area contributed by atoms with E-state index in [1.54, 1.807) is 12.1 Å². The molecule has 0 aliphatic rings. The van der Waals surface area contributed by atoms with E-state index in [0.717, 1.165) is 9.13 Å². The van der Waals surface area contributed by atoms with Crippen molar-refractivity contribution in [3.8, 4) is 5.75 Å². The van der Waals surface area contributed by atoms with E-state index in [1.807, 2.05) is 24.3 Å². The zero-order valence-corrected chi connectivity index (χ0v) is 13.4. The Morgan fingerprint density at radius 1 is 1.00 bits per heavy atom. The molecule has 0 aromatic heterocycles. The van der Waals surface area contributed by atoms with Gasteiger partial charge in [0.15, 0.2) is 5.75 Å². The Kier molecular flexibility index (Phi) is 5.07. The highest BCUT2D eigenvalue weighted by atomic mass is 127. The summed E-state index contributed by atoms with van der Waals surface area (Å²) in [5.74, 6) is 0.0799. The molecular weight excluding hydrogens is 398 g/mol. The van der Waals surface area contributed by atoms with Crippen LogP contribution in [0, 0.1) is 3.57 Å². The second kappa shape index (κ2) is 6.59. The van der Waals surface area contributed by atoms with Crippen LogP contribution in [0.1, 0.15) is 5.56 Å². The molecule has 0 aliphatic carbocycles. The lowest BCUT2D eigenvalue weighted by Gasteiger charge is -2.07. The Hall–Kier alpha value is -0.780. The molecule has 0 bridgehead atoms. The summed E-state index contributed by atoms with van der Waals surface area (Å²) in [7, 11) is 0. The van der Waals surface area contributed by atoms with Gasteiger partial charge in [0.05, 0.1) is 10.0 Å². The van der Waals surface area contributed by atoms with E-state index < -0.39 is 5.43 Å². The van der Waals surface area contributed by atoms with Crippen molar-refractivity contribution in [1.29, 1.82) is 0 Å². The van der Waals surface area contributed by atoms with Crippen LogP contribution in [0.4, 0.5) is 0 Å².